The lowest BCUT2D eigenvalue weighted by molar-refractivity contribution is -0.167. The van der Waals surface area contributed by atoms with Crippen LogP contribution in [-0.4, -0.2) is 37.2 Å². The molecule has 0 aliphatic rings. The number of carbonyl (C=O) groups excluding carboxylic acids is 3. The molecule has 0 aliphatic heterocycles. The maximum absolute atomic E-state index is 13.0. The highest BCUT2D eigenvalue weighted by Gasteiger charge is 2.19. The van der Waals surface area contributed by atoms with Gasteiger partial charge in [-0.3, -0.25) is 14.4 Å². The van der Waals surface area contributed by atoms with Gasteiger partial charge < -0.3 is 14.2 Å². The van der Waals surface area contributed by atoms with Crippen molar-refractivity contribution in [2.45, 2.75) is 374 Å². The van der Waals surface area contributed by atoms with Gasteiger partial charge in [-0.1, -0.05) is 326 Å². The van der Waals surface area contributed by atoms with Crippen LogP contribution in [0.3, 0.4) is 0 Å². The molecule has 0 fully saturated rings. The SMILES string of the molecule is CC/C=C\C/C=C\C/C=C\C/C=C\CCCCCCCCCCCCC(=O)OCC(COC(=O)CCCCCCCCCCCCCCCCC)OC(=O)CCCCCCCCCCCCC/C=C\CCCCCCCCCC. The molecule has 0 aromatic heterocycles. The molecule has 1 atom stereocenters. The number of hydrogen-bond donors (Lipinski definition) is 0. The van der Waals surface area contributed by atoms with E-state index in [0.717, 1.165) is 83.5 Å². The van der Waals surface area contributed by atoms with Crippen LogP contribution in [-0.2, 0) is 28.6 Å². The number of esters is 3. The summed E-state index contributed by atoms with van der Waals surface area (Å²) < 4.78 is 17.0. The molecule has 6 heteroatoms. The second-order valence-corrected chi connectivity index (χ2v) is 23.4. The zero-order valence-corrected chi connectivity index (χ0v) is 52.9. The molecule has 0 heterocycles. The summed E-state index contributed by atoms with van der Waals surface area (Å²) in [5.74, 6) is -0.852. The Balaban J connectivity index is 4.31. The Bertz CT molecular complexity index is 1410. The van der Waals surface area contributed by atoms with E-state index in [1.807, 2.05) is 0 Å². The van der Waals surface area contributed by atoms with Crippen LogP contribution in [0.1, 0.15) is 367 Å². The smallest absolute Gasteiger partial charge is 0.306 e. The van der Waals surface area contributed by atoms with Gasteiger partial charge in [-0.2, -0.15) is 0 Å². The van der Waals surface area contributed by atoms with Gasteiger partial charge >= 0.3 is 17.9 Å². The molecular weight excluding hydrogens is 973 g/mol. The zero-order valence-electron chi connectivity index (χ0n) is 52.9. The van der Waals surface area contributed by atoms with Gasteiger partial charge in [0.05, 0.1) is 0 Å². The van der Waals surface area contributed by atoms with E-state index in [0.29, 0.717) is 19.3 Å². The summed E-state index contributed by atoms with van der Waals surface area (Å²) in [6.07, 6.45) is 86.7. The summed E-state index contributed by atoms with van der Waals surface area (Å²) >= 11 is 0. The fraction of sp³-hybridized carbons (Fsp3) is 0.822. The molecule has 0 aliphatic carbocycles. The predicted octanol–water partition coefficient (Wildman–Crippen LogP) is 23.9. The highest BCUT2D eigenvalue weighted by atomic mass is 16.6. The van der Waals surface area contributed by atoms with E-state index in [9.17, 15) is 14.4 Å². The van der Waals surface area contributed by atoms with Crippen molar-refractivity contribution in [3.05, 3.63) is 60.8 Å². The topological polar surface area (TPSA) is 78.9 Å². The van der Waals surface area contributed by atoms with Crippen molar-refractivity contribution in [1.29, 1.82) is 0 Å². The summed E-state index contributed by atoms with van der Waals surface area (Å²) in [5, 5.41) is 0. The normalized spacial score (nSPS) is 12.4. The fourth-order valence-electron chi connectivity index (χ4n) is 10.3. The number of rotatable bonds is 64. The lowest BCUT2D eigenvalue weighted by Gasteiger charge is -2.18. The van der Waals surface area contributed by atoms with E-state index in [-0.39, 0.29) is 31.1 Å². The minimum atomic E-state index is -0.776. The molecule has 0 bridgehead atoms. The zero-order chi connectivity index (χ0) is 57.1. The molecule has 0 amide bonds. The Labute approximate surface area is 491 Å². The molecule has 460 valence electrons. The van der Waals surface area contributed by atoms with Gasteiger partial charge in [0, 0.05) is 19.3 Å². The first-order chi connectivity index (χ1) is 39.0. The Morgan fingerprint density at radius 2 is 0.494 bits per heavy atom. The minimum Gasteiger partial charge on any atom is -0.462 e. The van der Waals surface area contributed by atoms with Crippen LogP contribution in [0.5, 0.6) is 0 Å². The monoisotopic (exact) mass is 1110 g/mol. The Hall–Kier alpha value is -2.89. The highest BCUT2D eigenvalue weighted by Crippen LogP contribution is 2.18. The third-order valence-electron chi connectivity index (χ3n) is 15.5. The first-order valence-electron chi connectivity index (χ1n) is 34.8. The number of hydrogen-bond acceptors (Lipinski definition) is 6. The summed E-state index contributed by atoms with van der Waals surface area (Å²) in [6.45, 7) is 6.59. The first-order valence-corrected chi connectivity index (χ1v) is 34.8. The Morgan fingerprint density at radius 3 is 0.785 bits per heavy atom. The van der Waals surface area contributed by atoms with Crippen molar-refractivity contribution in [1.82, 2.24) is 0 Å². The molecular formula is C73H132O6. The molecule has 0 radical (unpaired) electrons. The second kappa shape index (κ2) is 67.6. The number of carbonyl (C=O) groups is 3. The molecule has 0 rings (SSSR count). The molecule has 0 spiro atoms. The van der Waals surface area contributed by atoms with Gasteiger partial charge in [0.2, 0.25) is 0 Å². The largest absolute Gasteiger partial charge is 0.462 e. The van der Waals surface area contributed by atoms with Crippen molar-refractivity contribution in [2.75, 3.05) is 13.2 Å². The van der Waals surface area contributed by atoms with Gasteiger partial charge in [0.1, 0.15) is 13.2 Å². The fourth-order valence-corrected chi connectivity index (χ4v) is 10.3. The van der Waals surface area contributed by atoms with Gasteiger partial charge in [0.15, 0.2) is 6.10 Å². The van der Waals surface area contributed by atoms with E-state index >= 15 is 0 Å². The van der Waals surface area contributed by atoms with Crippen molar-refractivity contribution in [3.8, 4) is 0 Å². The van der Waals surface area contributed by atoms with E-state index in [1.54, 1.807) is 0 Å². The van der Waals surface area contributed by atoms with Gasteiger partial charge in [-0.05, 0) is 83.5 Å². The van der Waals surface area contributed by atoms with Crippen LogP contribution in [0.25, 0.3) is 0 Å². The number of ether oxygens (including phenoxy) is 3. The Kier molecular flexibility index (Phi) is 65.1. The van der Waals surface area contributed by atoms with Crippen LogP contribution in [0, 0.1) is 0 Å². The quantitative estimate of drug-likeness (QED) is 0.0261. The standard InChI is InChI=1S/C73H132O6/c1-4-7-10-13-16-19-22-25-28-30-32-34-36-38-40-42-45-48-51-54-57-60-63-66-72(75)78-69-70(68-77-71(74)65-62-59-56-53-50-47-44-27-24-21-18-15-12-9-6-3)79-73(76)67-64-61-58-55-52-49-46-43-41-39-37-35-33-31-29-26-23-20-17-14-11-8-5-2/h7,10,16,19,25,28,31-34,70H,4-6,8-9,11-15,17-18,20-24,26-27,29-30,35-69H2,1-3H3/b10-7-,19-16-,28-25-,33-31-,34-32-. The van der Waals surface area contributed by atoms with Crippen molar-refractivity contribution in [2.24, 2.45) is 0 Å². The maximum atomic E-state index is 13.0. The van der Waals surface area contributed by atoms with Crippen LogP contribution < -0.4 is 0 Å². The summed E-state index contributed by atoms with van der Waals surface area (Å²) in [6, 6.07) is 0. The molecule has 0 aromatic carbocycles. The van der Waals surface area contributed by atoms with Crippen molar-refractivity contribution in [3.63, 3.8) is 0 Å². The average molecular weight is 1110 g/mol. The molecule has 0 aromatic rings. The molecule has 79 heavy (non-hydrogen) atoms. The Morgan fingerprint density at radius 1 is 0.266 bits per heavy atom. The molecule has 6 nitrogen and oxygen atoms in total. The molecule has 0 N–H and O–H groups in total. The van der Waals surface area contributed by atoms with E-state index in [4.69, 9.17) is 14.2 Å². The number of unbranched alkanes of at least 4 members (excludes halogenated alkanes) is 43. The third kappa shape index (κ3) is 65.8. The third-order valence-corrected chi connectivity index (χ3v) is 15.5. The second-order valence-electron chi connectivity index (χ2n) is 23.4. The van der Waals surface area contributed by atoms with Crippen LogP contribution in [0.2, 0.25) is 0 Å². The van der Waals surface area contributed by atoms with Gasteiger partial charge in [0.25, 0.3) is 0 Å². The van der Waals surface area contributed by atoms with Gasteiger partial charge in [-0.15, -0.1) is 0 Å². The van der Waals surface area contributed by atoms with E-state index in [1.165, 1.54) is 244 Å². The van der Waals surface area contributed by atoms with Crippen LogP contribution >= 0.6 is 0 Å². The molecule has 0 saturated heterocycles. The summed E-state index contributed by atoms with van der Waals surface area (Å²) in [5.41, 5.74) is 0. The van der Waals surface area contributed by atoms with E-state index < -0.39 is 6.10 Å². The average Bonchev–Trinajstić information content (AvgIpc) is 3.45. The van der Waals surface area contributed by atoms with Crippen molar-refractivity contribution >= 4 is 17.9 Å². The van der Waals surface area contributed by atoms with Gasteiger partial charge in [-0.25, -0.2) is 0 Å². The number of allylic oxidation sites excluding steroid dienone is 10. The summed E-state index contributed by atoms with van der Waals surface area (Å²) in [7, 11) is 0. The molecule has 1 unspecified atom stereocenters. The maximum Gasteiger partial charge on any atom is 0.306 e. The minimum absolute atomic E-state index is 0.0711. The lowest BCUT2D eigenvalue weighted by atomic mass is 10.0. The predicted molar refractivity (Wildman–Crippen MR) is 344 cm³/mol. The van der Waals surface area contributed by atoms with Crippen molar-refractivity contribution < 1.29 is 28.6 Å². The van der Waals surface area contributed by atoms with Crippen LogP contribution in [0.4, 0.5) is 0 Å². The summed E-state index contributed by atoms with van der Waals surface area (Å²) in [4.78, 5) is 38.4. The first kappa shape index (κ1) is 76.1. The lowest BCUT2D eigenvalue weighted by Crippen LogP contribution is -2.30. The molecule has 0 saturated carbocycles. The highest BCUT2D eigenvalue weighted by molar-refractivity contribution is 5.71. The van der Waals surface area contributed by atoms with E-state index in [2.05, 4.69) is 81.5 Å². The van der Waals surface area contributed by atoms with Crippen LogP contribution in [0.15, 0.2) is 60.8 Å².